The number of nitrogens with one attached hydrogen (secondary N) is 2. The maximum absolute atomic E-state index is 9.51. The van der Waals surface area contributed by atoms with Gasteiger partial charge >= 0.3 is 0 Å². The number of unbranched alkanes of at least 4 members (excludes halogenated alkanes) is 3. The lowest BCUT2D eigenvalue weighted by Gasteiger charge is -2.19. The number of hydrogen-bond donors (Lipinski definition) is 3. The van der Waals surface area contributed by atoms with Gasteiger partial charge in [-0.2, -0.15) is 0 Å². The lowest BCUT2D eigenvalue weighted by atomic mass is 9.91. The molecule has 0 aliphatic carbocycles. The van der Waals surface area contributed by atoms with Gasteiger partial charge in [-0.15, -0.1) is 0 Å². The molecule has 3 N–H and O–H groups in total. The SMILES string of the molecule is CCCCCCOc1ccc(C2NNC(C)C2CO)cc1. The summed E-state index contributed by atoms with van der Waals surface area (Å²) in [6, 6.07) is 8.64. The highest BCUT2D eigenvalue weighted by Crippen LogP contribution is 2.29. The summed E-state index contributed by atoms with van der Waals surface area (Å²) in [5, 5.41) is 9.51. The van der Waals surface area contributed by atoms with Gasteiger partial charge in [0.2, 0.25) is 0 Å². The first-order valence-corrected chi connectivity index (χ1v) is 8.11. The summed E-state index contributed by atoms with van der Waals surface area (Å²) in [6.07, 6.45) is 4.89. The molecule has 0 amide bonds. The van der Waals surface area contributed by atoms with Gasteiger partial charge < -0.3 is 9.84 Å². The minimum absolute atomic E-state index is 0.156. The molecule has 0 spiro atoms. The molecular formula is C17H28N2O2. The van der Waals surface area contributed by atoms with Gasteiger partial charge in [0.05, 0.1) is 12.6 Å². The van der Waals surface area contributed by atoms with Gasteiger partial charge in [0.15, 0.2) is 0 Å². The van der Waals surface area contributed by atoms with E-state index in [1.165, 1.54) is 24.8 Å². The van der Waals surface area contributed by atoms with Crippen molar-refractivity contribution in [1.29, 1.82) is 0 Å². The van der Waals surface area contributed by atoms with E-state index in [9.17, 15) is 5.11 Å². The zero-order valence-electron chi connectivity index (χ0n) is 13.1. The van der Waals surface area contributed by atoms with Crippen molar-refractivity contribution in [2.24, 2.45) is 5.92 Å². The second kappa shape index (κ2) is 8.37. The highest BCUT2D eigenvalue weighted by molar-refractivity contribution is 5.30. The van der Waals surface area contributed by atoms with Crippen molar-refractivity contribution in [3.8, 4) is 5.75 Å². The fourth-order valence-electron chi connectivity index (χ4n) is 2.81. The first-order chi connectivity index (χ1) is 10.3. The van der Waals surface area contributed by atoms with Gasteiger partial charge in [0.25, 0.3) is 0 Å². The number of hydrazine groups is 1. The first kappa shape index (κ1) is 16.3. The molecule has 3 atom stereocenters. The minimum atomic E-state index is 0.156. The Labute approximate surface area is 127 Å². The lowest BCUT2D eigenvalue weighted by molar-refractivity contribution is 0.204. The zero-order chi connectivity index (χ0) is 15.1. The Balaban J connectivity index is 1.84. The van der Waals surface area contributed by atoms with Crippen molar-refractivity contribution in [3.05, 3.63) is 29.8 Å². The van der Waals surface area contributed by atoms with Crippen LogP contribution in [0.2, 0.25) is 0 Å². The van der Waals surface area contributed by atoms with Crippen LogP contribution in [0, 0.1) is 5.92 Å². The van der Waals surface area contributed by atoms with Crippen LogP contribution >= 0.6 is 0 Å². The van der Waals surface area contributed by atoms with Crippen molar-refractivity contribution >= 4 is 0 Å². The molecule has 2 rings (SSSR count). The molecule has 0 saturated carbocycles. The van der Waals surface area contributed by atoms with Gasteiger partial charge in [-0.25, -0.2) is 5.43 Å². The van der Waals surface area contributed by atoms with E-state index in [1.54, 1.807) is 0 Å². The summed E-state index contributed by atoms with van der Waals surface area (Å²) in [4.78, 5) is 0. The van der Waals surface area contributed by atoms with Crippen LogP contribution in [0.15, 0.2) is 24.3 Å². The summed E-state index contributed by atoms with van der Waals surface area (Å²) < 4.78 is 5.76. The third-order valence-electron chi connectivity index (χ3n) is 4.25. The molecule has 4 nitrogen and oxygen atoms in total. The van der Waals surface area contributed by atoms with Gasteiger partial charge in [0.1, 0.15) is 5.75 Å². The molecule has 1 fully saturated rings. The van der Waals surface area contributed by atoms with E-state index in [4.69, 9.17) is 4.74 Å². The Bertz CT molecular complexity index is 408. The molecule has 118 valence electrons. The second-order valence-corrected chi connectivity index (χ2v) is 5.88. The largest absolute Gasteiger partial charge is 0.494 e. The van der Waals surface area contributed by atoms with Crippen LogP contribution < -0.4 is 15.6 Å². The van der Waals surface area contributed by atoms with E-state index in [2.05, 4.69) is 36.8 Å². The van der Waals surface area contributed by atoms with Crippen LogP contribution in [0.3, 0.4) is 0 Å². The molecule has 0 aromatic heterocycles. The molecule has 3 unspecified atom stereocenters. The maximum atomic E-state index is 9.51. The Hall–Kier alpha value is -1.10. The molecule has 1 heterocycles. The Morgan fingerprint density at radius 2 is 1.86 bits per heavy atom. The highest BCUT2D eigenvalue weighted by atomic mass is 16.5. The second-order valence-electron chi connectivity index (χ2n) is 5.88. The van der Waals surface area contributed by atoms with Crippen molar-refractivity contribution in [2.45, 2.75) is 51.6 Å². The molecule has 1 aliphatic rings. The Morgan fingerprint density at radius 1 is 1.10 bits per heavy atom. The van der Waals surface area contributed by atoms with Gasteiger partial charge in [-0.3, -0.25) is 5.43 Å². The Morgan fingerprint density at radius 3 is 2.52 bits per heavy atom. The molecule has 0 radical (unpaired) electrons. The fraction of sp³-hybridized carbons (Fsp3) is 0.647. The molecule has 1 aromatic carbocycles. The molecular weight excluding hydrogens is 264 g/mol. The number of rotatable bonds is 8. The summed E-state index contributed by atoms with van der Waals surface area (Å²) in [7, 11) is 0. The van der Waals surface area contributed by atoms with E-state index in [0.717, 1.165) is 18.8 Å². The smallest absolute Gasteiger partial charge is 0.119 e. The van der Waals surface area contributed by atoms with E-state index < -0.39 is 0 Å². The summed E-state index contributed by atoms with van der Waals surface area (Å²) in [5.74, 6) is 1.13. The number of hydrogen-bond acceptors (Lipinski definition) is 4. The quantitative estimate of drug-likeness (QED) is 0.645. The van der Waals surface area contributed by atoms with Gasteiger partial charge in [-0.05, 0) is 31.0 Å². The number of ether oxygens (including phenoxy) is 1. The van der Waals surface area contributed by atoms with Crippen LogP contribution in [0.5, 0.6) is 5.75 Å². The summed E-state index contributed by atoms with van der Waals surface area (Å²) in [6.45, 7) is 5.27. The first-order valence-electron chi connectivity index (χ1n) is 8.11. The van der Waals surface area contributed by atoms with Crippen molar-refractivity contribution in [2.75, 3.05) is 13.2 Å². The van der Waals surface area contributed by atoms with Crippen LogP contribution in [0.1, 0.15) is 51.1 Å². The van der Waals surface area contributed by atoms with E-state index in [-0.39, 0.29) is 24.6 Å². The highest BCUT2D eigenvalue weighted by Gasteiger charge is 2.33. The topological polar surface area (TPSA) is 53.5 Å². The normalized spacial score (nSPS) is 25.2. The standard InChI is InChI=1S/C17H28N2O2/c1-3-4-5-6-11-21-15-9-7-14(8-10-15)17-16(12-20)13(2)18-19-17/h7-10,13,16-20H,3-6,11-12H2,1-2H3. The number of benzene rings is 1. The number of aliphatic hydroxyl groups excluding tert-OH is 1. The molecule has 1 aromatic rings. The summed E-state index contributed by atoms with van der Waals surface area (Å²) in [5.41, 5.74) is 7.64. The van der Waals surface area contributed by atoms with Gasteiger partial charge in [0, 0.05) is 18.6 Å². The monoisotopic (exact) mass is 292 g/mol. The average molecular weight is 292 g/mol. The molecule has 21 heavy (non-hydrogen) atoms. The average Bonchev–Trinajstić information content (AvgIpc) is 2.88. The van der Waals surface area contributed by atoms with Crippen LogP contribution in [-0.2, 0) is 0 Å². The maximum Gasteiger partial charge on any atom is 0.119 e. The molecule has 4 heteroatoms. The Kier molecular flexibility index (Phi) is 6.49. The predicted octanol–water partition coefficient (Wildman–Crippen LogP) is 2.79. The molecule has 1 aliphatic heterocycles. The predicted molar refractivity (Wildman–Crippen MR) is 85.1 cm³/mol. The van der Waals surface area contributed by atoms with Crippen LogP contribution in [0.25, 0.3) is 0 Å². The third-order valence-corrected chi connectivity index (χ3v) is 4.25. The van der Waals surface area contributed by atoms with E-state index in [1.807, 2.05) is 12.1 Å². The molecule has 1 saturated heterocycles. The van der Waals surface area contributed by atoms with E-state index >= 15 is 0 Å². The summed E-state index contributed by atoms with van der Waals surface area (Å²) >= 11 is 0. The number of aliphatic hydroxyl groups is 1. The zero-order valence-corrected chi connectivity index (χ0v) is 13.1. The fourth-order valence-corrected chi connectivity index (χ4v) is 2.81. The van der Waals surface area contributed by atoms with E-state index in [0.29, 0.717) is 0 Å². The molecule has 0 bridgehead atoms. The lowest BCUT2D eigenvalue weighted by Crippen LogP contribution is -2.29. The van der Waals surface area contributed by atoms with Crippen molar-refractivity contribution in [1.82, 2.24) is 10.9 Å². The van der Waals surface area contributed by atoms with Crippen molar-refractivity contribution in [3.63, 3.8) is 0 Å². The third kappa shape index (κ3) is 4.43. The minimum Gasteiger partial charge on any atom is -0.494 e. The van der Waals surface area contributed by atoms with Crippen LogP contribution in [0.4, 0.5) is 0 Å². The van der Waals surface area contributed by atoms with Crippen LogP contribution in [-0.4, -0.2) is 24.4 Å². The van der Waals surface area contributed by atoms with Crippen molar-refractivity contribution < 1.29 is 9.84 Å². The van der Waals surface area contributed by atoms with Gasteiger partial charge in [-0.1, -0.05) is 38.3 Å².